The van der Waals surface area contributed by atoms with Crippen LogP contribution in [0.4, 0.5) is 0 Å². The number of nitrogens with zero attached hydrogens (tertiary/aromatic N) is 4. The van der Waals surface area contributed by atoms with Crippen molar-refractivity contribution in [2.45, 2.75) is 51.0 Å². The molecule has 2 aliphatic rings. The maximum atomic E-state index is 12.8. The highest BCUT2D eigenvalue weighted by molar-refractivity contribution is 7.89. The maximum absolute atomic E-state index is 12.8. The number of hydrogen-bond donors (Lipinski definition) is 1. The summed E-state index contributed by atoms with van der Waals surface area (Å²) in [6.45, 7) is 4.65. The third kappa shape index (κ3) is 2.88. The lowest BCUT2D eigenvalue weighted by atomic mass is 9.97. The molecular formula is C17H23N5O3S. The van der Waals surface area contributed by atoms with Crippen LogP contribution in [0.25, 0.3) is 0 Å². The molecule has 0 amide bonds. The van der Waals surface area contributed by atoms with Crippen molar-refractivity contribution in [2.24, 2.45) is 5.92 Å². The van der Waals surface area contributed by atoms with Gasteiger partial charge in [-0.05, 0) is 45.1 Å². The summed E-state index contributed by atoms with van der Waals surface area (Å²) in [5.74, 6) is 0.101. The average Bonchev–Trinajstić information content (AvgIpc) is 2.90. The highest BCUT2D eigenvalue weighted by Gasteiger charge is 2.39. The average molecular weight is 377 g/mol. The lowest BCUT2D eigenvalue weighted by molar-refractivity contribution is 0.172. The van der Waals surface area contributed by atoms with Crippen molar-refractivity contribution < 1.29 is 8.42 Å². The Morgan fingerprint density at radius 2 is 1.96 bits per heavy atom. The topological polar surface area (TPSA) is 101 Å². The molecule has 4 rings (SSSR count). The van der Waals surface area contributed by atoms with Crippen LogP contribution >= 0.6 is 0 Å². The molecule has 1 fully saturated rings. The van der Waals surface area contributed by atoms with Crippen molar-refractivity contribution in [1.29, 1.82) is 0 Å². The van der Waals surface area contributed by atoms with Gasteiger partial charge in [-0.1, -0.05) is 0 Å². The van der Waals surface area contributed by atoms with Gasteiger partial charge in [-0.15, -0.1) is 0 Å². The van der Waals surface area contributed by atoms with E-state index in [9.17, 15) is 13.2 Å². The standard InChI is InChI=1S/C17H23N5O3S/c1-11-17(12(2)19-18-11)26(24,25)21-8-13(9-21)10-22-16(23)7-14-5-3-4-6-15(14)20-22/h7,13H,3-6,8-10H2,1-2H3,(H,18,19). The van der Waals surface area contributed by atoms with Gasteiger partial charge < -0.3 is 0 Å². The zero-order valence-electron chi connectivity index (χ0n) is 15.0. The van der Waals surface area contributed by atoms with Crippen LogP contribution in [-0.4, -0.2) is 45.8 Å². The fraction of sp³-hybridized carbons (Fsp3) is 0.588. The van der Waals surface area contributed by atoms with E-state index >= 15 is 0 Å². The quantitative estimate of drug-likeness (QED) is 0.849. The second-order valence-corrected chi connectivity index (χ2v) is 9.17. The first-order chi connectivity index (χ1) is 12.4. The van der Waals surface area contributed by atoms with E-state index in [1.54, 1.807) is 19.9 Å². The number of hydrogen-bond acceptors (Lipinski definition) is 5. The van der Waals surface area contributed by atoms with Gasteiger partial charge in [0.15, 0.2) is 0 Å². The van der Waals surface area contributed by atoms with Crippen LogP contribution in [0.3, 0.4) is 0 Å². The maximum Gasteiger partial charge on any atom is 0.267 e. The number of aromatic amines is 1. The summed E-state index contributed by atoms with van der Waals surface area (Å²) < 4.78 is 28.5. The molecule has 0 atom stereocenters. The van der Waals surface area contributed by atoms with Crippen molar-refractivity contribution >= 4 is 10.0 Å². The van der Waals surface area contributed by atoms with Crippen molar-refractivity contribution in [3.63, 3.8) is 0 Å². The molecule has 1 aliphatic carbocycles. The first-order valence-corrected chi connectivity index (χ1v) is 10.4. The Balaban J connectivity index is 1.47. The van der Waals surface area contributed by atoms with E-state index in [0.29, 0.717) is 31.0 Å². The van der Waals surface area contributed by atoms with Gasteiger partial charge in [-0.2, -0.15) is 14.5 Å². The Hall–Kier alpha value is -2.00. The molecule has 26 heavy (non-hydrogen) atoms. The summed E-state index contributed by atoms with van der Waals surface area (Å²) in [4.78, 5) is 12.5. The molecule has 2 aromatic rings. The zero-order valence-corrected chi connectivity index (χ0v) is 15.8. The highest BCUT2D eigenvalue weighted by Crippen LogP contribution is 2.28. The summed E-state index contributed by atoms with van der Waals surface area (Å²) in [5, 5.41) is 11.2. The highest BCUT2D eigenvalue weighted by atomic mass is 32.2. The molecular weight excluding hydrogens is 354 g/mol. The Morgan fingerprint density at radius 1 is 1.23 bits per heavy atom. The fourth-order valence-electron chi connectivity index (χ4n) is 3.86. The molecule has 9 heteroatoms. The van der Waals surface area contributed by atoms with Crippen molar-refractivity contribution in [2.75, 3.05) is 13.1 Å². The third-order valence-corrected chi connectivity index (χ3v) is 7.38. The Kier molecular flexibility index (Phi) is 4.23. The SMILES string of the molecule is Cc1n[nH]c(C)c1S(=O)(=O)N1CC(Cn2nc3c(cc2=O)CCCC3)C1. The van der Waals surface area contributed by atoms with E-state index in [0.717, 1.165) is 36.9 Å². The minimum absolute atomic E-state index is 0.0894. The summed E-state index contributed by atoms with van der Waals surface area (Å²) >= 11 is 0. The van der Waals surface area contributed by atoms with Gasteiger partial charge >= 0.3 is 0 Å². The molecule has 1 saturated heterocycles. The lowest BCUT2D eigenvalue weighted by Crippen LogP contribution is -2.52. The summed E-state index contributed by atoms with van der Waals surface area (Å²) in [6.07, 6.45) is 4.06. The molecule has 8 nitrogen and oxygen atoms in total. The molecule has 0 spiro atoms. The van der Waals surface area contributed by atoms with E-state index in [4.69, 9.17) is 0 Å². The number of fused-ring (bicyclic) bond motifs is 1. The van der Waals surface area contributed by atoms with Crippen LogP contribution in [0.15, 0.2) is 15.8 Å². The number of aromatic nitrogens is 4. The van der Waals surface area contributed by atoms with E-state index < -0.39 is 10.0 Å². The van der Waals surface area contributed by atoms with Gasteiger partial charge in [0.2, 0.25) is 10.0 Å². The zero-order chi connectivity index (χ0) is 18.5. The predicted octanol–water partition coefficient (Wildman–Crippen LogP) is 0.783. The van der Waals surface area contributed by atoms with Crippen LogP contribution in [-0.2, 0) is 29.4 Å². The molecule has 0 radical (unpaired) electrons. The van der Waals surface area contributed by atoms with Crippen LogP contribution in [0.5, 0.6) is 0 Å². The second kappa shape index (κ2) is 6.31. The molecule has 2 aromatic heterocycles. The van der Waals surface area contributed by atoms with Gasteiger partial charge in [0, 0.05) is 25.1 Å². The molecule has 1 N–H and O–H groups in total. The fourth-order valence-corrected chi connectivity index (χ4v) is 5.78. The van der Waals surface area contributed by atoms with E-state index in [1.165, 1.54) is 8.99 Å². The second-order valence-electron chi connectivity index (χ2n) is 7.29. The molecule has 0 saturated carbocycles. The smallest absolute Gasteiger partial charge is 0.267 e. The Labute approximate surface area is 152 Å². The van der Waals surface area contributed by atoms with Crippen molar-refractivity contribution in [1.82, 2.24) is 24.3 Å². The summed E-state index contributed by atoms with van der Waals surface area (Å²) in [7, 11) is -3.54. The Morgan fingerprint density at radius 3 is 2.65 bits per heavy atom. The molecule has 0 unspecified atom stereocenters. The molecule has 140 valence electrons. The van der Waals surface area contributed by atoms with Crippen LogP contribution in [0, 0.1) is 19.8 Å². The lowest BCUT2D eigenvalue weighted by Gasteiger charge is -2.38. The van der Waals surface area contributed by atoms with Crippen LogP contribution in [0.1, 0.15) is 35.5 Å². The minimum atomic E-state index is -3.54. The number of sulfonamides is 1. The molecule has 0 aromatic carbocycles. The van der Waals surface area contributed by atoms with E-state index in [1.807, 2.05) is 0 Å². The van der Waals surface area contributed by atoms with E-state index in [2.05, 4.69) is 15.3 Å². The first-order valence-electron chi connectivity index (χ1n) is 8.98. The van der Waals surface area contributed by atoms with Crippen molar-refractivity contribution in [3.8, 4) is 0 Å². The summed E-state index contributed by atoms with van der Waals surface area (Å²) in [6, 6.07) is 1.70. The molecule has 3 heterocycles. The predicted molar refractivity (Wildman–Crippen MR) is 95.4 cm³/mol. The van der Waals surface area contributed by atoms with Crippen LogP contribution in [0.2, 0.25) is 0 Å². The summed E-state index contributed by atoms with van der Waals surface area (Å²) in [5.41, 5.74) is 3.04. The number of nitrogens with one attached hydrogen (secondary N) is 1. The van der Waals surface area contributed by atoms with Gasteiger partial charge in [0.25, 0.3) is 5.56 Å². The Bertz CT molecular complexity index is 982. The van der Waals surface area contributed by atoms with Crippen molar-refractivity contribution in [3.05, 3.63) is 39.1 Å². The molecule has 0 bridgehead atoms. The van der Waals surface area contributed by atoms with Gasteiger partial charge in [-0.25, -0.2) is 13.1 Å². The third-order valence-electron chi connectivity index (χ3n) is 5.29. The minimum Gasteiger partial charge on any atom is -0.281 e. The normalized spacial score (nSPS) is 18.5. The van der Waals surface area contributed by atoms with Gasteiger partial charge in [0.05, 0.1) is 23.6 Å². The number of rotatable bonds is 4. The largest absolute Gasteiger partial charge is 0.281 e. The first kappa shape index (κ1) is 17.4. The van der Waals surface area contributed by atoms with Gasteiger partial charge in [0.1, 0.15) is 4.90 Å². The monoisotopic (exact) mass is 377 g/mol. The van der Waals surface area contributed by atoms with Gasteiger partial charge in [-0.3, -0.25) is 9.89 Å². The number of aryl methyl sites for hydroxylation is 4. The number of H-pyrrole nitrogens is 1. The van der Waals surface area contributed by atoms with E-state index in [-0.39, 0.29) is 16.4 Å². The molecule has 1 aliphatic heterocycles. The van der Waals surface area contributed by atoms with Crippen LogP contribution < -0.4 is 5.56 Å².